The average Bonchev–Trinajstić information content (AvgIpc) is 2.83. The van der Waals surface area contributed by atoms with Crippen molar-refractivity contribution < 1.29 is 17.9 Å². The Morgan fingerprint density at radius 1 is 1.06 bits per heavy atom. The Labute approximate surface area is 190 Å². The van der Waals surface area contributed by atoms with Gasteiger partial charge in [-0.05, 0) is 37.6 Å². The van der Waals surface area contributed by atoms with Crippen LogP contribution in [0, 0.1) is 0 Å². The Morgan fingerprint density at radius 3 is 2.41 bits per heavy atom. The molecule has 0 saturated carbocycles. The van der Waals surface area contributed by atoms with E-state index in [1.165, 1.54) is 4.31 Å². The highest BCUT2D eigenvalue weighted by Gasteiger charge is 2.27. The van der Waals surface area contributed by atoms with Crippen LogP contribution in [-0.2, 0) is 26.1 Å². The smallest absolute Gasteiger partial charge is 0.243 e. The Morgan fingerprint density at radius 2 is 1.75 bits per heavy atom. The lowest BCUT2D eigenvalue weighted by Gasteiger charge is -2.28. The molecule has 1 fully saturated rings. The highest BCUT2D eigenvalue weighted by molar-refractivity contribution is 7.89. The molecule has 2 aromatic carbocycles. The maximum absolute atomic E-state index is 13.1. The Kier molecular flexibility index (Phi) is 8.49. The quantitative estimate of drug-likeness (QED) is 0.565. The standard InChI is InChI=1S/C23H32N4O4S/c1-3-26(4-2)22-11-10-20(32(29,30)27-12-14-31-15-13-27)16-21(22)24-18-23(28)25-17-19-8-6-5-7-9-19/h5-11,16,24H,3-4,12-15,17-18H2,1-2H3,(H,25,28). The predicted octanol–water partition coefficient (Wildman–Crippen LogP) is 2.28. The van der Waals surface area contributed by atoms with E-state index in [0.29, 0.717) is 38.5 Å². The Hall–Kier alpha value is -2.62. The van der Waals surface area contributed by atoms with E-state index in [2.05, 4.69) is 15.5 Å². The molecule has 0 aromatic heterocycles. The van der Waals surface area contributed by atoms with E-state index in [-0.39, 0.29) is 17.3 Å². The SMILES string of the molecule is CCN(CC)c1ccc(S(=O)(=O)N2CCOCC2)cc1NCC(=O)NCc1ccccc1. The summed E-state index contributed by atoms with van der Waals surface area (Å²) in [6.07, 6.45) is 0. The summed E-state index contributed by atoms with van der Waals surface area (Å²) in [6.45, 7) is 7.55. The first-order chi connectivity index (χ1) is 15.5. The number of hydrogen-bond donors (Lipinski definition) is 2. The van der Waals surface area contributed by atoms with Gasteiger partial charge in [0.25, 0.3) is 0 Å². The van der Waals surface area contributed by atoms with Crippen molar-refractivity contribution in [1.29, 1.82) is 0 Å². The Balaban J connectivity index is 1.76. The number of nitrogens with zero attached hydrogens (tertiary/aromatic N) is 2. The molecule has 8 nitrogen and oxygen atoms in total. The Bertz CT molecular complexity index is 988. The summed E-state index contributed by atoms with van der Waals surface area (Å²) in [4.78, 5) is 14.7. The van der Waals surface area contributed by atoms with Gasteiger partial charge in [0.05, 0.1) is 36.0 Å². The molecule has 1 saturated heterocycles. The summed E-state index contributed by atoms with van der Waals surface area (Å²) < 4.78 is 32.9. The second kappa shape index (κ2) is 11.3. The molecule has 9 heteroatoms. The van der Waals surface area contributed by atoms with Crippen molar-refractivity contribution in [3.63, 3.8) is 0 Å². The van der Waals surface area contributed by atoms with Gasteiger partial charge in [0.15, 0.2) is 0 Å². The third kappa shape index (κ3) is 5.99. The zero-order valence-electron chi connectivity index (χ0n) is 18.7. The molecule has 1 heterocycles. The molecule has 0 radical (unpaired) electrons. The molecule has 0 atom stereocenters. The molecule has 2 N–H and O–H groups in total. The fourth-order valence-electron chi connectivity index (χ4n) is 3.63. The first-order valence-corrected chi connectivity index (χ1v) is 12.4. The number of carbonyl (C=O) groups is 1. The normalized spacial score (nSPS) is 14.7. The van der Waals surface area contributed by atoms with Gasteiger partial charge in [-0.1, -0.05) is 30.3 Å². The monoisotopic (exact) mass is 460 g/mol. The molecule has 3 rings (SSSR count). The summed E-state index contributed by atoms with van der Waals surface area (Å²) in [7, 11) is -3.63. The number of anilines is 2. The van der Waals surface area contributed by atoms with Crippen LogP contribution in [-0.4, -0.2) is 64.6 Å². The van der Waals surface area contributed by atoms with E-state index >= 15 is 0 Å². The van der Waals surface area contributed by atoms with E-state index < -0.39 is 10.0 Å². The molecule has 0 unspecified atom stereocenters. The number of nitrogens with one attached hydrogen (secondary N) is 2. The van der Waals surface area contributed by atoms with E-state index in [9.17, 15) is 13.2 Å². The summed E-state index contributed by atoms with van der Waals surface area (Å²) in [5.74, 6) is -0.166. The summed E-state index contributed by atoms with van der Waals surface area (Å²) in [5.41, 5.74) is 2.51. The zero-order valence-corrected chi connectivity index (χ0v) is 19.5. The van der Waals surface area contributed by atoms with Gasteiger partial charge >= 0.3 is 0 Å². The minimum atomic E-state index is -3.63. The minimum Gasteiger partial charge on any atom is -0.379 e. The second-order valence-corrected chi connectivity index (χ2v) is 9.42. The van der Waals surface area contributed by atoms with Gasteiger partial charge in [-0.2, -0.15) is 4.31 Å². The number of ether oxygens (including phenoxy) is 1. The van der Waals surface area contributed by atoms with Crippen LogP contribution in [0.25, 0.3) is 0 Å². The molecule has 174 valence electrons. The minimum absolute atomic E-state index is 0.0438. The van der Waals surface area contributed by atoms with Crippen molar-refractivity contribution in [1.82, 2.24) is 9.62 Å². The first-order valence-electron chi connectivity index (χ1n) is 11.0. The van der Waals surface area contributed by atoms with Crippen molar-refractivity contribution >= 4 is 27.3 Å². The lowest BCUT2D eigenvalue weighted by molar-refractivity contribution is -0.119. The highest BCUT2D eigenvalue weighted by atomic mass is 32.2. The fraction of sp³-hybridized carbons (Fsp3) is 0.435. The molecular formula is C23H32N4O4S. The van der Waals surface area contributed by atoms with Crippen molar-refractivity contribution in [2.24, 2.45) is 0 Å². The topological polar surface area (TPSA) is 91.0 Å². The fourth-order valence-corrected chi connectivity index (χ4v) is 5.06. The molecule has 32 heavy (non-hydrogen) atoms. The summed E-state index contributed by atoms with van der Waals surface area (Å²) in [5, 5.41) is 6.04. The van der Waals surface area contributed by atoms with Crippen LogP contribution < -0.4 is 15.5 Å². The zero-order chi connectivity index (χ0) is 23.0. The van der Waals surface area contributed by atoms with Crippen LogP contribution in [0.4, 0.5) is 11.4 Å². The van der Waals surface area contributed by atoms with Crippen LogP contribution in [0.3, 0.4) is 0 Å². The summed E-state index contributed by atoms with van der Waals surface area (Å²) in [6, 6.07) is 14.8. The lowest BCUT2D eigenvalue weighted by Crippen LogP contribution is -2.40. The molecule has 0 bridgehead atoms. The van der Waals surface area contributed by atoms with Gasteiger partial charge in [0.2, 0.25) is 15.9 Å². The van der Waals surface area contributed by atoms with E-state index in [1.807, 2.05) is 50.2 Å². The molecule has 0 spiro atoms. The van der Waals surface area contributed by atoms with E-state index in [0.717, 1.165) is 24.3 Å². The van der Waals surface area contributed by atoms with Gasteiger partial charge in [-0.25, -0.2) is 8.42 Å². The molecule has 1 amide bonds. The lowest BCUT2D eigenvalue weighted by atomic mass is 10.2. The summed E-state index contributed by atoms with van der Waals surface area (Å²) >= 11 is 0. The van der Waals surface area contributed by atoms with Crippen molar-refractivity contribution in [3.8, 4) is 0 Å². The third-order valence-corrected chi connectivity index (χ3v) is 7.35. The maximum Gasteiger partial charge on any atom is 0.243 e. The number of amides is 1. The van der Waals surface area contributed by atoms with E-state index in [4.69, 9.17) is 4.74 Å². The van der Waals surface area contributed by atoms with Crippen LogP contribution in [0.2, 0.25) is 0 Å². The molecule has 2 aromatic rings. The van der Waals surface area contributed by atoms with Gasteiger partial charge < -0.3 is 20.3 Å². The van der Waals surface area contributed by atoms with Crippen LogP contribution in [0.5, 0.6) is 0 Å². The number of benzene rings is 2. The third-order valence-electron chi connectivity index (χ3n) is 5.45. The van der Waals surface area contributed by atoms with Crippen molar-refractivity contribution in [2.45, 2.75) is 25.3 Å². The number of carbonyl (C=O) groups excluding carboxylic acids is 1. The molecule has 1 aliphatic heterocycles. The van der Waals surface area contributed by atoms with Gasteiger partial charge in [-0.3, -0.25) is 4.79 Å². The van der Waals surface area contributed by atoms with Gasteiger partial charge in [-0.15, -0.1) is 0 Å². The second-order valence-electron chi connectivity index (χ2n) is 7.48. The van der Waals surface area contributed by atoms with Crippen LogP contribution in [0.15, 0.2) is 53.4 Å². The van der Waals surface area contributed by atoms with Crippen molar-refractivity contribution in [2.75, 3.05) is 56.2 Å². The molecular weight excluding hydrogens is 428 g/mol. The highest BCUT2D eigenvalue weighted by Crippen LogP contribution is 2.30. The largest absolute Gasteiger partial charge is 0.379 e. The van der Waals surface area contributed by atoms with Crippen LogP contribution in [0.1, 0.15) is 19.4 Å². The number of hydrogen-bond acceptors (Lipinski definition) is 6. The van der Waals surface area contributed by atoms with Crippen molar-refractivity contribution in [3.05, 3.63) is 54.1 Å². The average molecular weight is 461 g/mol. The van der Waals surface area contributed by atoms with Crippen LogP contribution >= 0.6 is 0 Å². The predicted molar refractivity (Wildman–Crippen MR) is 126 cm³/mol. The number of morpholine rings is 1. The number of rotatable bonds is 10. The van der Waals surface area contributed by atoms with Gasteiger partial charge in [0.1, 0.15) is 0 Å². The molecule has 1 aliphatic rings. The molecule has 0 aliphatic carbocycles. The maximum atomic E-state index is 13.1. The van der Waals surface area contributed by atoms with Gasteiger partial charge in [0, 0.05) is 32.7 Å². The van der Waals surface area contributed by atoms with E-state index in [1.54, 1.807) is 12.1 Å². The first kappa shape index (κ1) is 24.0. The number of sulfonamides is 1.